The van der Waals surface area contributed by atoms with Crippen molar-refractivity contribution >= 4 is 17.7 Å². The first-order valence-corrected chi connectivity index (χ1v) is 13.1. The molecule has 10 heteroatoms. The van der Waals surface area contributed by atoms with Crippen LogP contribution in [0.2, 0.25) is 0 Å². The van der Waals surface area contributed by atoms with Crippen molar-refractivity contribution in [2.24, 2.45) is 5.92 Å². The summed E-state index contributed by atoms with van der Waals surface area (Å²) in [5.41, 5.74) is 3.17. The molecule has 2 amide bonds. The van der Waals surface area contributed by atoms with Gasteiger partial charge in [-0.05, 0) is 30.2 Å². The number of aliphatic hydroxyl groups excluding tert-OH is 1. The van der Waals surface area contributed by atoms with Crippen molar-refractivity contribution in [3.8, 4) is 0 Å². The summed E-state index contributed by atoms with van der Waals surface area (Å²) >= 11 is 0. The third kappa shape index (κ3) is 7.52. The van der Waals surface area contributed by atoms with Gasteiger partial charge >= 0.3 is 12.0 Å². The quantitative estimate of drug-likeness (QED) is 0.426. The lowest BCUT2D eigenvalue weighted by Crippen LogP contribution is -2.47. The number of benzene rings is 2. The van der Waals surface area contributed by atoms with E-state index in [-0.39, 0.29) is 37.9 Å². The molecule has 4 unspecified atom stereocenters. The fourth-order valence-electron chi connectivity index (χ4n) is 4.67. The molecule has 2 aliphatic rings. The Hall–Kier alpha value is -3.02. The molecule has 2 aliphatic heterocycles. The van der Waals surface area contributed by atoms with E-state index in [4.69, 9.17) is 18.9 Å². The van der Waals surface area contributed by atoms with Crippen LogP contribution in [0.3, 0.4) is 0 Å². The summed E-state index contributed by atoms with van der Waals surface area (Å²) < 4.78 is 23.4. The summed E-state index contributed by atoms with van der Waals surface area (Å²) in [5, 5.41) is 14.7. The van der Waals surface area contributed by atoms with Gasteiger partial charge in [0, 0.05) is 36.8 Å². The molecule has 2 saturated heterocycles. The molecule has 0 spiro atoms. The zero-order valence-electron chi connectivity index (χ0n) is 21.9. The molecule has 0 bridgehead atoms. The number of carbonyl (C=O) groups is 2. The van der Waals surface area contributed by atoms with E-state index in [1.54, 1.807) is 13.0 Å². The van der Waals surface area contributed by atoms with Gasteiger partial charge in [0.25, 0.3) is 0 Å². The number of nitrogens with one attached hydrogen (secondary N) is 2. The SMILES string of the molecule is CCOC(=O)CNC(=O)Nc1cccc(C2OC(CN3CCOCC3)C(C)C(c3ccc(CO)cc3)O2)c1. The summed E-state index contributed by atoms with van der Waals surface area (Å²) in [6, 6.07) is 14.6. The molecule has 0 aromatic heterocycles. The molecule has 206 valence electrons. The second-order valence-corrected chi connectivity index (χ2v) is 9.47. The number of nitrogens with zero attached hydrogens (tertiary/aromatic N) is 1. The number of aliphatic hydroxyl groups is 1. The maximum Gasteiger partial charge on any atom is 0.325 e. The molecular weight excluding hydrogens is 490 g/mol. The number of hydrogen-bond donors (Lipinski definition) is 3. The maximum atomic E-state index is 12.3. The molecule has 0 aliphatic carbocycles. The summed E-state index contributed by atoms with van der Waals surface area (Å²) in [5.74, 6) is -0.428. The van der Waals surface area contributed by atoms with Gasteiger partial charge in [-0.15, -0.1) is 0 Å². The predicted octanol–water partition coefficient (Wildman–Crippen LogP) is 2.99. The van der Waals surface area contributed by atoms with Crippen LogP contribution in [0.4, 0.5) is 10.5 Å². The largest absolute Gasteiger partial charge is 0.465 e. The minimum absolute atomic E-state index is 0.0140. The number of amides is 2. The fourth-order valence-corrected chi connectivity index (χ4v) is 4.67. The second kappa shape index (κ2) is 13.7. The van der Waals surface area contributed by atoms with E-state index in [0.29, 0.717) is 18.9 Å². The molecule has 2 aromatic rings. The third-order valence-electron chi connectivity index (χ3n) is 6.78. The molecule has 2 fully saturated rings. The van der Waals surface area contributed by atoms with Crippen molar-refractivity contribution in [2.45, 2.75) is 39.0 Å². The number of carbonyl (C=O) groups excluding carboxylic acids is 2. The van der Waals surface area contributed by atoms with E-state index in [9.17, 15) is 14.7 Å². The van der Waals surface area contributed by atoms with Crippen LogP contribution >= 0.6 is 0 Å². The molecule has 10 nitrogen and oxygen atoms in total. The van der Waals surface area contributed by atoms with Gasteiger partial charge in [-0.3, -0.25) is 9.69 Å². The average molecular weight is 528 g/mol. The lowest BCUT2D eigenvalue weighted by atomic mass is 9.90. The monoisotopic (exact) mass is 527 g/mol. The molecule has 0 saturated carbocycles. The van der Waals surface area contributed by atoms with Gasteiger partial charge in [0.15, 0.2) is 6.29 Å². The maximum absolute atomic E-state index is 12.3. The zero-order chi connectivity index (χ0) is 26.9. The van der Waals surface area contributed by atoms with E-state index in [1.807, 2.05) is 42.5 Å². The Balaban J connectivity index is 1.50. The minimum Gasteiger partial charge on any atom is -0.465 e. The van der Waals surface area contributed by atoms with Gasteiger partial charge in [0.05, 0.1) is 38.6 Å². The number of urea groups is 1. The summed E-state index contributed by atoms with van der Waals surface area (Å²) in [7, 11) is 0. The van der Waals surface area contributed by atoms with E-state index >= 15 is 0 Å². The number of ether oxygens (including phenoxy) is 4. The highest BCUT2D eigenvalue weighted by atomic mass is 16.7. The zero-order valence-corrected chi connectivity index (χ0v) is 21.9. The van der Waals surface area contributed by atoms with Crippen LogP contribution in [-0.2, 0) is 30.3 Å². The van der Waals surface area contributed by atoms with Gasteiger partial charge in [0.1, 0.15) is 6.54 Å². The van der Waals surface area contributed by atoms with E-state index in [2.05, 4.69) is 22.5 Å². The van der Waals surface area contributed by atoms with Gasteiger partial charge in [-0.25, -0.2) is 4.79 Å². The molecule has 0 radical (unpaired) electrons. The summed E-state index contributed by atoms with van der Waals surface area (Å²) in [4.78, 5) is 26.2. The van der Waals surface area contributed by atoms with Crippen molar-refractivity contribution < 1.29 is 33.6 Å². The van der Waals surface area contributed by atoms with Gasteiger partial charge in [0.2, 0.25) is 0 Å². The van der Waals surface area contributed by atoms with Crippen molar-refractivity contribution in [1.82, 2.24) is 10.2 Å². The molecule has 2 aromatic carbocycles. The van der Waals surface area contributed by atoms with E-state index < -0.39 is 18.3 Å². The molecule has 3 N–H and O–H groups in total. The molecule has 4 rings (SSSR count). The average Bonchev–Trinajstić information content (AvgIpc) is 2.94. The topological polar surface area (TPSA) is 119 Å². The van der Waals surface area contributed by atoms with Crippen LogP contribution < -0.4 is 10.6 Å². The number of morpholine rings is 1. The Morgan fingerprint density at radius 1 is 1.08 bits per heavy atom. The number of anilines is 1. The van der Waals surface area contributed by atoms with Gasteiger partial charge < -0.3 is 34.7 Å². The fraction of sp³-hybridized carbons (Fsp3) is 0.500. The van der Waals surface area contributed by atoms with Crippen LogP contribution in [0.5, 0.6) is 0 Å². The van der Waals surface area contributed by atoms with Crippen molar-refractivity contribution in [2.75, 3.05) is 51.3 Å². The Morgan fingerprint density at radius 2 is 1.84 bits per heavy atom. The number of esters is 1. The first-order chi connectivity index (χ1) is 18.5. The number of hydrogen-bond acceptors (Lipinski definition) is 8. The second-order valence-electron chi connectivity index (χ2n) is 9.47. The van der Waals surface area contributed by atoms with Crippen molar-refractivity contribution in [1.29, 1.82) is 0 Å². The van der Waals surface area contributed by atoms with Crippen LogP contribution in [0.15, 0.2) is 48.5 Å². The van der Waals surface area contributed by atoms with E-state index in [1.165, 1.54) is 0 Å². The highest BCUT2D eigenvalue weighted by Gasteiger charge is 2.39. The van der Waals surface area contributed by atoms with Gasteiger partial charge in [-0.1, -0.05) is 43.3 Å². The molecule has 2 heterocycles. The molecular formula is C28H37N3O7. The summed E-state index contributed by atoms with van der Waals surface area (Å²) in [6.07, 6.45) is -0.972. The highest BCUT2D eigenvalue weighted by Crippen LogP contribution is 2.42. The van der Waals surface area contributed by atoms with Crippen LogP contribution in [0, 0.1) is 5.92 Å². The van der Waals surface area contributed by atoms with Crippen LogP contribution in [-0.4, -0.2) is 74.1 Å². The first-order valence-electron chi connectivity index (χ1n) is 13.1. The van der Waals surface area contributed by atoms with Crippen LogP contribution in [0.1, 0.15) is 42.9 Å². The van der Waals surface area contributed by atoms with Crippen molar-refractivity contribution in [3.63, 3.8) is 0 Å². The summed E-state index contributed by atoms with van der Waals surface area (Å²) in [6.45, 7) is 7.75. The Kier molecular flexibility index (Phi) is 10.1. The normalized spacial score (nSPS) is 24.0. The predicted molar refractivity (Wildman–Crippen MR) is 140 cm³/mol. The third-order valence-corrected chi connectivity index (χ3v) is 6.78. The lowest BCUT2D eigenvalue weighted by Gasteiger charge is -2.43. The Labute approximate surface area is 223 Å². The Morgan fingerprint density at radius 3 is 2.55 bits per heavy atom. The van der Waals surface area contributed by atoms with E-state index in [0.717, 1.165) is 36.3 Å². The van der Waals surface area contributed by atoms with Gasteiger partial charge in [-0.2, -0.15) is 0 Å². The van der Waals surface area contributed by atoms with Crippen LogP contribution in [0.25, 0.3) is 0 Å². The Bertz CT molecular complexity index is 1060. The standard InChI is InChI=1S/C28H37N3O7/c1-3-36-25(33)16-29-28(34)30-23-6-4-5-22(15-23)27-37-24(17-31-11-13-35-14-12-31)19(2)26(38-27)21-9-7-20(18-32)8-10-21/h4-10,15,19,24,26-27,32H,3,11-14,16-18H2,1-2H3,(H2,29,30,34). The first kappa shape index (κ1) is 28.0. The minimum atomic E-state index is -0.649. The van der Waals surface area contributed by atoms with Crippen molar-refractivity contribution in [3.05, 3.63) is 65.2 Å². The highest BCUT2D eigenvalue weighted by molar-refractivity contribution is 5.91. The molecule has 4 atom stereocenters. The smallest absolute Gasteiger partial charge is 0.325 e. The molecule has 38 heavy (non-hydrogen) atoms. The lowest BCUT2D eigenvalue weighted by molar-refractivity contribution is -0.277. The number of rotatable bonds is 9.